The van der Waals surface area contributed by atoms with Gasteiger partial charge in [-0.25, -0.2) is 0 Å². The molecule has 0 saturated carbocycles. The number of nitrogens with two attached hydrogens (primary N) is 1. The molecular weight excluding hydrogens is 302 g/mol. The van der Waals surface area contributed by atoms with Crippen molar-refractivity contribution in [1.29, 1.82) is 0 Å². The molecule has 1 aromatic carbocycles. The van der Waals surface area contributed by atoms with Crippen LogP contribution >= 0.6 is 12.4 Å². The first-order valence-corrected chi connectivity index (χ1v) is 7.44. The Kier molecular flexibility index (Phi) is 7.35. The average Bonchev–Trinajstić information content (AvgIpc) is 2.90. The van der Waals surface area contributed by atoms with Crippen molar-refractivity contribution >= 4 is 24.2 Å². The van der Waals surface area contributed by atoms with Gasteiger partial charge in [-0.15, -0.1) is 12.4 Å². The third kappa shape index (κ3) is 4.71. The Morgan fingerprint density at radius 2 is 2.05 bits per heavy atom. The number of carbonyl (C=O) groups is 2. The highest BCUT2D eigenvalue weighted by Crippen LogP contribution is 2.17. The van der Waals surface area contributed by atoms with Crippen molar-refractivity contribution in [3.63, 3.8) is 0 Å². The standard InChI is InChI=1S/C16H23N3O2.ClH/c1-12(9-17)16(21)18-10-13-5-2-3-6-14(13)11-19-8-4-7-15(19)20;/h2-3,5-6,12H,4,7-11,17H2,1H3,(H,18,21);1H. The first-order chi connectivity index (χ1) is 10.1. The van der Waals surface area contributed by atoms with Gasteiger partial charge in [-0.05, 0) is 17.5 Å². The maximum Gasteiger partial charge on any atom is 0.224 e. The van der Waals surface area contributed by atoms with E-state index in [1.807, 2.05) is 36.1 Å². The largest absolute Gasteiger partial charge is 0.352 e. The van der Waals surface area contributed by atoms with Crippen molar-refractivity contribution in [2.24, 2.45) is 11.7 Å². The Labute approximate surface area is 137 Å². The minimum absolute atomic E-state index is 0. The van der Waals surface area contributed by atoms with Gasteiger partial charge in [-0.2, -0.15) is 0 Å². The summed E-state index contributed by atoms with van der Waals surface area (Å²) in [5, 5.41) is 2.90. The number of rotatable bonds is 6. The van der Waals surface area contributed by atoms with E-state index in [1.165, 1.54) is 0 Å². The quantitative estimate of drug-likeness (QED) is 0.831. The van der Waals surface area contributed by atoms with Gasteiger partial charge < -0.3 is 16.0 Å². The van der Waals surface area contributed by atoms with Gasteiger partial charge in [0.15, 0.2) is 0 Å². The number of hydrogen-bond acceptors (Lipinski definition) is 3. The van der Waals surface area contributed by atoms with Crippen LogP contribution in [0.1, 0.15) is 30.9 Å². The van der Waals surface area contributed by atoms with Crippen LogP contribution < -0.4 is 11.1 Å². The van der Waals surface area contributed by atoms with E-state index in [-0.39, 0.29) is 30.1 Å². The number of amides is 2. The van der Waals surface area contributed by atoms with Crippen molar-refractivity contribution < 1.29 is 9.59 Å². The Balaban J connectivity index is 0.00000242. The zero-order valence-electron chi connectivity index (χ0n) is 12.9. The summed E-state index contributed by atoms with van der Waals surface area (Å²) in [6, 6.07) is 7.91. The molecule has 122 valence electrons. The number of hydrogen-bond donors (Lipinski definition) is 2. The molecule has 1 saturated heterocycles. The molecule has 0 radical (unpaired) electrons. The fourth-order valence-electron chi connectivity index (χ4n) is 2.42. The molecule has 1 heterocycles. The first kappa shape index (κ1) is 18.5. The molecule has 5 nitrogen and oxygen atoms in total. The van der Waals surface area contributed by atoms with E-state index in [2.05, 4.69) is 5.32 Å². The maximum absolute atomic E-state index is 11.8. The summed E-state index contributed by atoms with van der Waals surface area (Å²) in [7, 11) is 0. The third-order valence-corrected chi connectivity index (χ3v) is 3.91. The molecule has 1 atom stereocenters. The van der Waals surface area contributed by atoms with E-state index in [0.29, 0.717) is 26.1 Å². The summed E-state index contributed by atoms with van der Waals surface area (Å²) < 4.78 is 0. The molecule has 2 rings (SSSR count). The van der Waals surface area contributed by atoms with Crippen LogP contribution in [0.5, 0.6) is 0 Å². The predicted molar refractivity (Wildman–Crippen MR) is 88.4 cm³/mol. The van der Waals surface area contributed by atoms with E-state index in [0.717, 1.165) is 24.1 Å². The highest BCUT2D eigenvalue weighted by molar-refractivity contribution is 5.85. The van der Waals surface area contributed by atoms with Crippen molar-refractivity contribution in [2.45, 2.75) is 32.9 Å². The van der Waals surface area contributed by atoms with Crippen LogP contribution in [0.25, 0.3) is 0 Å². The number of halogens is 1. The number of benzene rings is 1. The zero-order chi connectivity index (χ0) is 15.2. The fraction of sp³-hybridized carbons (Fsp3) is 0.500. The van der Waals surface area contributed by atoms with Crippen molar-refractivity contribution in [3.8, 4) is 0 Å². The Morgan fingerprint density at radius 1 is 1.36 bits per heavy atom. The molecule has 0 aliphatic carbocycles. The first-order valence-electron chi connectivity index (χ1n) is 7.44. The maximum atomic E-state index is 11.8. The second-order valence-corrected chi connectivity index (χ2v) is 5.54. The zero-order valence-corrected chi connectivity index (χ0v) is 13.7. The lowest BCUT2D eigenvalue weighted by Gasteiger charge is -2.18. The minimum Gasteiger partial charge on any atom is -0.352 e. The summed E-state index contributed by atoms with van der Waals surface area (Å²) in [5.41, 5.74) is 7.63. The second-order valence-electron chi connectivity index (χ2n) is 5.54. The SMILES string of the molecule is CC(CN)C(=O)NCc1ccccc1CN1CCCC1=O.Cl. The lowest BCUT2D eigenvalue weighted by molar-refractivity contribution is -0.128. The minimum atomic E-state index is -0.183. The van der Waals surface area contributed by atoms with Gasteiger partial charge in [0, 0.05) is 38.5 Å². The summed E-state index contributed by atoms with van der Waals surface area (Å²) in [6.45, 7) is 4.07. The molecular formula is C16H24ClN3O2. The van der Waals surface area contributed by atoms with Gasteiger partial charge in [0.25, 0.3) is 0 Å². The molecule has 2 amide bonds. The molecule has 0 spiro atoms. The molecule has 1 aliphatic heterocycles. The number of nitrogens with one attached hydrogen (secondary N) is 1. The Morgan fingerprint density at radius 3 is 2.64 bits per heavy atom. The average molecular weight is 326 g/mol. The van der Waals surface area contributed by atoms with Crippen molar-refractivity contribution in [1.82, 2.24) is 10.2 Å². The smallest absolute Gasteiger partial charge is 0.224 e. The molecule has 3 N–H and O–H groups in total. The van der Waals surface area contributed by atoms with Crippen LogP contribution in [0, 0.1) is 5.92 Å². The topological polar surface area (TPSA) is 75.4 Å². The van der Waals surface area contributed by atoms with E-state index in [4.69, 9.17) is 5.73 Å². The molecule has 0 aromatic heterocycles. The van der Waals surface area contributed by atoms with E-state index >= 15 is 0 Å². The molecule has 22 heavy (non-hydrogen) atoms. The summed E-state index contributed by atoms with van der Waals surface area (Å²) >= 11 is 0. The van der Waals surface area contributed by atoms with Gasteiger partial charge in [0.05, 0.1) is 0 Å². The number of nitrogens with zero attached hydrogens (tertiary/aromatic N) is 1. The second kappa shape index (κ2) is 8.76. The molecule has 1 fully saturated rings. The summed E-state index contributed by atoms with van der Waals surface area (Å²) in [5.74, 6) is -0.00698. The molecule has 1 aromatic rings. The van der Waals surface area contributed by atoms with E-state index in [1.54, 1.807) is 0 Å². The Bertz CT molecular complexity index is 522. The van der Waals surface area contributed by atoms with Crippen LogP contribution in [0.4, 0.5) is 0 Å². The van der Waals surface area contributed by atoms with Crippen LogP contribution in [-0.4, -0.2) is 29.8 Å². The summed E-state index contributed by atoms with van der Waals surface area (Å²) in [4.78, 5) is 25.4. The molecule has 0 bridgehead atoms. The molecule has 1 unspecified atom stereocenters. The van der Waals surface area contributed by atoms with E-state index in [9.17, 15) is 9.59 Å². The number of likely N-dealkylation sites (tertiary alicyclic amines) is 1. The predicted octanol–water partition coefficient (Wildman–Crippen LogP) is 1.44. The molecule has 6 heteroatoms. The lowest BCUT2D eigenvalue weighted by atomic mass is 10.1. The van der Waals surface area contributed by atoms with Crippen LogP contribution in [-0.2, 0) is 22.7 Å². The monoisotopic (exact) mass is 325 g/mol. The molecule has 1 aliphatic rings. The van der Waals surface area contributed by atoms with Gasteiger partial charge >= 0.3 is 0 Å². The van der Waals surface area contributed by atoms with Crippen LogP contribution in [0.3, 0.4) is 0 Å². The van der Waals surface area contributed by atoms with Crippen molar-refractivity contribution in [3.05, 3.63) is 35.4 Å². The van der Waals surface area contributed by atoms with Crippen LogP contribution in [0.15, 0.2) is 24.3 Å². The van der Waals surface area contributed by atoms with Gasteiger partial charge in [0.1, 0.15) is 0 Å². The fourth-order valence-corrected chi connectivity index (χ4v) is 2.42. The lowest BCUT2D eigenvalue weighted by Crippen LogP contribution is -2.33. The normalized spacial score (nSPS) is 15.4. The van der Waals surface area contributed by atoms with Gasteiger partial charge in [0.2, 0.25) is 11.8 Å². The van der Waals surface area contributed by atoms with Crippen molar-refractivity contribution in [2.75, 3.05) is 13.1 Å². The number of carbonyl (C=O) groups excluding carboxylic acids is 2. The van der Waals surface area contributed by atoms with Crippen LogP contribution in [0.2, 0.25) is 0 Å². The third-order valence-electron chi connectivity index (χ3n) is 3.91. The summed E-state index contributed by atoms with van der Waals surface area (Å²) in [6.07, 6.45) is 1.58. The highest BCUT2D eigenvalue weighted by atomic mass is 35.5. The van der Waals surface area contributed by atoms with Gasteiger partial charge in [-0.3, -0.25) is 9.59 Å². The van der Waals surface area contributed by atoms with Gasteiger partial charge in [-0.1, -0.05) is 31.2 Å². The Hall–Kier alpha value is -1.59. The highest BCUT2D eigenvalue weighted by Gasteiger charge is 2.21. The van der Waals surface area contributed by atoms with E-state index < -0.39 is 0 Å².